The van der Waals surface area contributed by atoms with Crippen molar-refractivity contribution < 1.29 is 19.0 Å². The number of ether oxygens (including phenoxy) is 1. The molecule has 1 N–H and O–H groups in total. The van der Waals surface area contributed by atoms with Crippen LogP contribution in [-0.4, -0.2) is 64.3 Å². The first-order chi connectivity index (χ1) is 17.9. The minimum atomic E-state index is -1.18. The smallest absolute Gasteiger partial charge is 0.410 e. The van der Waals surface area contributed by atoms with Gasteiger partial charge in [-0.25, -0.2) is 18.9 Å². The third-order valence-electron chi connectivity index (χ3n) is 6.45. The van der Waals surface area contributed by atoms with Crippen LogP contribution in [0.5, 0.6) is 0 Å². The number of rotatable bonds is 4. The largest absolute Gasteiger partial charge is 0.444 e. The summed E-state index contributed by atoms with van der Waals surface area (Å²) in [6, 6.07) is 8.63. The lowest BCUT2D eigenvalue weighted by Crippen LogP contribution is -2.50. The first-order valence-corrected chi connectivity index (χ1v) is 12.6. The Balaban J connectivity index is 1.38. The van der Waals surface area contributed by atoms with Crippen molar-refractivity contribution in [2.75, 3.05) is 13.1 Å². The second-order valence-electron chi connectivity index (χ2n) is 10.5. The zero-order valence-corrected chi connectivity index (χ0v) is 22.0. The van der Waals surface area contributed by atoms with Gasteiger partial charge in [-0.1, -0.05) is 17.7 Å². The van der Waals surface area contributed by atoms with E-state index in [9.17, 15) is 19.1 Å². The highest BCUT2D eigenvalue weighted by atomic mass is 35.5. The van der Waals surface area contributed by atoms with Gasteiger partial charge in [0.15, 0.2) is 11.5 Å². The number of hydrogen-bond donors (Lipinski definition) is 1. The molecular formula is C26H28ClFN6O4. The van der Waals surface area contributed by atoms with Crippen LogP contribution in [0.1, 0.15) is 33.6 Å². The molecule has 38 heavy (non-hydrogen) atoms. The summed E-state index contributed by atoms with van der Waals surface area (Å²) >= 11 is 6.53. The van der Waals surface area contributed by atoms with E-state index in [4.69, 9.17) is 16.3 Å². The standard InChI is InChI=1S/C26H28ClFN6O4/c1-25(2,3)38-24(36)31-9-7-26(37,8-10-31)15-32-16-29-22-20(23(32)35)12-21(27)34(22)19-6-4-5-18(11-19)33-14-17(28)13-30-33/h4-6,11-14,16,37H,7-10,15H2,1-3H3. The predicted molar refractivity (Wildman–Crippen MR) is 139 cm³/mol. The summed E-state index contributed by atoms with van der Waals surface area (Å²) in [5, 5.41) is 15.8. The average molecular weight is 543 g/mol. The van der Waals surface area contributed by atoms with Crippen molar-refractivity contribution in [3.05, 3.63) is 70.4 Å². The van der Waals surface area contributed by atoms with E-state index >= 15 is 0 Å². The van der Waals surface area contributed by atoms with Gasteiger partial charge in [-0.15, -0.1) is 0 Å². The maximum absolute atomic E-state index is 13.5. The third kappa shape index (κ3) is 5.16. The molecule has 1 aliphatic rings. The van der Waals surface area contributed by atoms with E-state index in [0.29, 0.717) is 48.3 Å². The molecule has 4 heterocycles. The fourth-order valence-electron chi connectivity index (χ4n) is 4.57. The van der Waals surface area contributed by atoms with Crippen LogP contribution in [-0.2, 0) is 11.3 Å². The number of benzene rings is 1. The van der Waals surface area contributed by atoms with E-state index in [0.717, 1.165) is 6.20 Å². The number of fused-ring (bicyclic) bond motifs is 1. The van der Waals surface area contributed by atoms with Gasteiger partial charge in [-0.3, -0.25) is 13.9 Å². The first kappa shape index (κ1) is 25.9. The topological polar surface area (TPSA) is 107 Å². The van der Waals surface area contributed by atoms with Crippen LogP contribution in [0.15, 0.2) is 53.8 Å². The van der Waals surface area contributed by atoms with Crippen LogP contribution in [0.3, 0.4) is 0 Å². The van der Waals surface area contributed by atoms with E-state index in [-0.39, 0.29) is 17.3 Å². The Kier molecular flexibility index (Phi) is 6.52. The van der Waals surface area contributed by atoms with E-state index < -0.39 is 23.1 Å². The van der Waals surface area contributed by atoms with Crippen molar-refractivity contribution in [3.8, 4) is 11.4 Å². The summed E-state index contributed by atoms with van der Waals surface area (Å²) in [6.45, 7) is 6.07. The van der Waals surface area contributed by atoms with Crippen LogP contribution in [0.25, 0.3) is 22.4 Å². The quantitative estimate of drug-likeness (QED) is 0.419. The third-order valence-corrected chi connectivity index (χ3v) is 6.73. The number of likely N-dealkylation sites (tertiary alicyclic amines) is 1. The Morgan fingerprint density at radius 2 is 1.92 bits per heavy atom. The highest BCUT2D eigenvalue weighted by Gasteiger charge is 2.36. The molecule has 12 heteroatoms. The van der Waals surface area contributed by atoms with Gasteiger partial charge in [0.1, 0.15) is 17.1 Å². The number of nitrogens with zero attached hydrogens (tertiary/aromatic N) is 6. The van der Waals surface area contributed by atoms with Gasteiger partial charge in [0.25, 0.3) is 5.56 Å². The molecule has 1 saturated heterocycles. The Hall–Kier alpha value is -3.70. The molecule has 1 fully saturated rings. The summed E-state index contributed by atoms with van der Waals surface area (Å²) in [6.07, 6.45) is 3.93. The van der Waals surface area contributed by atoms with Gasteiger partial charge >= 0.3 is 6.09 Å². The molecule has 5 rings (SSSR count). The molecule has 0 aliphatic carbocycles. The van der Waals surface area contributed by atoms with Crippen LogP contribution in [0.4, 0.5) is 9.18 Å². The van der Waals surface area contributed by atoms with Crippen LogP contribution >= 0.6 is 11.6 Å². The maximum Gasteiger partial charge on any atom is 0.410 e. The summed E-state index contributed by atoms with van der Waals surface area (Å²) in [5.41, 5.74) is -0.545. The monoisotopic (exact) mass is 542 g/mol. The number of hydrogen-bond acceptors (Lipinski definition) is 6. The number of amides is 1. The molecular weight excluding hydrogens is 515 g/mol. The van der Waals surface area contributed by atoms with Crippen LogP contribution < -0.4 is 5.56 Å². The molecule has 1 amide bonds. The maximum atomic E-state index is 13.5. The number of halogens is 2. The van der Waals surface area contributed by atoms with Gasteiger partial charge in [0, 0.05) is 13.1 Å². The number of aromatic nitrogens is 5. The highest BCUT2D eigenvalue weighted by molar-refractivity contribution is 6.31. The second-order valence-corrected chi connectivity index (χ2v) is 10.9. The molecule has 1 aliphatic heterocycles. The van der Waals surface area contributed by atoms with Gasteiger partial charge < -0.3 is 14.7 Å². The molecule has 0 atom stereocenters. The normalized spacial score (nSPS) is 15.7. The Bertz CT molecular complexity index is 1560. The molecule has 0 saturated carbocycles. The zero-order chi connectivity index (χ0) is 27.2. The molecule has 4 aromatic rings. The molecule has 1 aromatic carbocycles. The molecule has 0 radical (unpaired) electrons. The lowest BCUT2D eigenvalue weighted by atomic mass is 9.91. The molecule has 3 aromatic heterocycles. The van der Waals surface area contributed by atoms with Gasteiger partial charge in [0.2, 0.25) is 0 Å². The summed E-state index contributed by atoms with van der Waals surface area (Å²) in [5.74, 6) is -0.459. The van der Waals surface area contributed by atoms with Crippen LogP contribution in [0.2, 0.25) is 5.15 Å². The van der Waals surface area contributed by atoms with Crippen molar-refractivity contribution in [2.45, 2.75) is 51.4 Å². The van der Waals surface area contributed by atoms with Crippen molar-refractivity contribution in [1.29, 1.82) is 0 Å². The molecule has 200 valence electrons. The average Bonchev–Trinajstić information content (AvgIpc) is 3.43. The number of aliphatic hydroxyl groups is 1. The van der Waals surface area contributed by atoms with Crippen molar-refractivity contribution in [1.82, 2.24) is 28.8 Å². The van der Waals surface area contributed by atoms with Gasteiger partial charge in [-0.05, 0) is 57.9 Å². The number of carbonyl (C=O) groups excluding carboxylic acids is 1. The number of carbonyl (C=O) groups is 1. The molecule has 0 unspecified atom stereocenters. The minimum absolute atomic E-state index is 0.0279. The van der Waals surface area contributed by atoms with Crippen molar-refractivity contribution in [3.63, 3.8) is 0 Å². The lowest BCUT2D eigenvalue weighted by Gasteiger charge is -2.38. The van der Waals surface area contributed by atoms with E-state index in [1.807, 2.05) is 0 Å². The molecule has 0 spiro atoms. The van der Waals surface area contributed by atoms with E-state index in [1.165, 1.54) is 27.8 Å². The Labute approximate surface area is 222 Å². The summed E-state index contributed by atoms with van der Waals surface area (Å²) < 4.78 is 23.3. The highest BCUT2D eigenvalue weighted by Crippen LogP contribution is 2.28. The van der Waals surface area contributed by atoms with E-state index in [2.05, 4.69) is 10.1 Å². The molecule has 0 bridgehead atoms. The minimum Gasteiger partial charge on any atom is -0.444 e. The lowest BCUT2D eigenvalue weighted by molar-refractivity contribution is -0.0419. The SMILES string of the molecule is CC(C)(C)OC(=O)N1CCC(O)(Cn2cnc3c(cc(Cl)n3-c3cccc(-n4cc(F)cn4)c3)c2=O)CC1. The van der Waals surface area contributed by atoms with Gasteiger partial charge in [-0.2, -0.15) is 5.10 Å². The van der Waals surface area contributed by atoms with E-state index in [1.54, 1.807) is 54.5 Å². The zero-order valence-electron chi connectivity index (χ0n) is 21.3. The summed E-state index contributed by atoms with van der Waals surface area (Å²) in [4.78, 5) is 31.8. The fourth-order valence-corrected chi connectivity index (χ4v) is 4.85. The first-order valence-electron chi connectivity index (χ1n) is 12.2. The Morgan fingerprint density at radius 1 is 1.21 bits per heavy atom. The fraction of sp³-hybridized carbons (Fsp3) is 0.385. The number of piperidine rings is 1. The van der Waals surface area contributed by atoms with Crippen molar-refractivity contribution in [2.24, 2.45) is 0 Å². The van der Waals surface area contributed by atoms with Crippen LogP contribution in [0, 0.1) is 5.82 Å². The Morgan fingerprint density at radius 3 is 2.58 bits per heavy atom. The summed E-state index contributed by atoms with van der Waals surface area (Å²) in [7, 11) is 0. The second kappa shape index (κ2) is 9.55. The molecule has 10 nitrogen and oxygen atoms in total. The predicted octanol–water partition coefficient (Wildman–Crippen LogP) is 3.93. The van der Waals surface area contributed by atoms with Gasteiger partial charge in [0.05, 0.1) is 41.3 Å². The van der Waals surface area contributed by atoms with Crippen molar-refractivity contribution >= 4 is 28.7 Å².